The zero-order chi connectivity index (χ0) is 23.2. The van der Waals surface area contributed by atoms with E-state index in [4.69, 9.17) is 0 Å². The van der Waals surface area contributed by atoms with Crippen LogP contribution in [0.2, 0.25) is 0 Å². The molecule has 1 spiro atoms. The Morgan fingerprint density at radius 3 is 2.64 bits per heavy atom. The SMILES string of the molecule is Cc1ccc2c(c1)[C@@]1(C(=O)N2)[C@H]2C(=O)N(c3cc([N+](=O)[O-])ccc3C)C(=O)[C@@H]2[C@H]2CCCN21. The summed E-state index contributed by atoms with van der Waals surface area (Å²) in [5.41, 5.74) is 1.75. The Morgan fingerprint density at radius 1 is 1.09 bits per heavy atom. The van der Waals surface area contributed by atoms with Crippen LogP contribution in [0.5, 0.6) is 0 Å². The van der Waals surface area contributed by atoms with Crippen molar-refractivity contribution in [1.29, 1.82) is 0 Å². The van der Waals surface area contributed by atoms with Gasteiger partial charge in [-0.3, -0.25) is 29.4 Å². The first-order valence-corrected chi connectivity index (χ1v) is 11.1. The Bertz CT molecular complexity index is 1290. The molecule has 9 nitrogen and oxygen atoms in total. The van der Waals surface area contributed by atoms with Crippen LogP contribution >= 0.6 is 0 Å². The molecule has 4 heterocycles. The van der Waals surface area contributed by atoms with E-state index in [9.17, 15) is 24.5 Å². The van der Waals surface area contributed by atoms with E-state index in [1.165, 1.54) is 12.1 Å². The lowest BCUT2D eigenvalue weighted by Crippen LogP contribution is -2.54. The van der Waals surface area contributed by atoms with E-state index in [2.05, 4.69) is 10.2 Å². The molecule has 0 bridgehead atoms. The van der Waals surface area contributed by atoms with Crippen molar-refractivity contribution in [2.24, 2.45) is 11.8 Å². The van der Waals surface area contributed by atoms with Gasteiger partial charge in [0.1, 0.15) is 5.54 Å². The number of carbonyl (C=O) groups excluding carboxylic acids is 3. The number of aryl methyl sites for hydroxylation is 2. The maximum Gasteiger partial charge on any atom is 0.271 e. The number of anilines is 2. The summed E-state index contributed by atoms with van der Waals surface area (Å²) in [5, 5.41) is 14.3. The highest BCUT2D eigenvalue weighted by atomic mass is 16.6. The first-order valence-electron chi connectivity index (χ1n) is 11.1. The van der Waals surface area contributed by atoms with Gasteiger partial charge in [-0.05, 0) is 44.9 Å². The molecule has 0 aromatic heterocycles. The van der Waals surface area contributed by atoms with Crippen molar-refractivity contribution in [3.8, 4) is 0 Å². The molecule has 4 atom stereocenters. The van der Waals surface area contributed by atoms with Crippen LogP contribution in [0.15, 0.2) is 36.4 Å². The molecule has 0 aliphatic carbocycles. The highest BCUT2D eigenvalue weighted by molar-refractivity contribution is 6.26. The number of amides is 3. The van der Waals surface area contributed by atoms with Crippen molar-refractivity contribution in [1.82, 2.24) is 4.90 Å². The van der Waals surface area contributed by atoms with Crippen LogP contribution in [0.25, 0.3) is 0 Å². The fraction of sp³-hybridized carbons (Fsp3) is 0.375. The maximum atomic E-state index is 14.0. The van der Waals surface area contributed by atoms with Crippen molar-refractivity contribution in [3.63, 3.8) is 0 Å². The van der Waals surface area contributed by atoms with Crippen molar-refractivity contribution in [2.75, 3.05) is 16.8 Å². The van der Waals surface area contributed by atoms with Gasteiger partial charge in [-0.15, -0.1) is 0 Å². The van der Waals surface area contributed by atoms with E-state index < -0.39 is 28.2 Å². The number of nitro groups is 1. The minimum absolute atomic E-state index is 0.190. The number of nitrogens with zero attached hydrogens (tertiary/aromatic N) is 3. The average Bonchev–Trinajstić information content (AvgIpc) is 3.47. The largest absolute Gasteiger partial charge is 0.324 e. The molecular weight excluding hydrogens is 424 g/mol. The Balaban J connectivity index is 1.56. The summed E-state index contributed by atoms with van der Waals surface area (Å²) < 4.78 is 0. The number of rotatable bonds is 2. The van der Waals surface area contributed by atoms with Gasteiger partial charge in [0, 0.05) is 29.4 Å². The number of carbonyl (C=O) groups is 3. The minimum Gasteiger partial charge on any atom is -0.324 e. The van der Waals surface area contributed by atoms with Crippen LogP contribution in [0, 0.1) is 35.8 Å². The van der Waals surface area contributed by atoms with Crippen LogP contribution in [-0.2, 0) is 19.9 Å². The predicted molar refractivity (Wildman–Crippen MR) is 119 cm³/mol. The third-order valence-corrected chi connectivity index (χ3v) is 7.79. The summed E-state index contributed by atoms with van der Waals surface area (Å²) in [4.78, 5) is 55.4. The molecule has 3 amide bonds. The highest BCUT2D eigenvalue weighted by Gasteiger charge is 2.74. The second-order valence-corrected chi connectivity index (χ2v) is 9.42. The van der Waals surface area contributed by atoms with Crippen molar-refractivity contribution in [3.05, 3.63) is 63.2 Å². The van der Waals surface area contributed by atoms with Crippen LogP contribution in [0.3, 0.4) is 0 Å². The number of hydrogen-bond donors (Lipinski definition) is 1. The van der Waals surface area contributed by atoms with E-state index in [1.54, 1.807) is 13.0 Å². The molecule has 3 saturated heterocycles. The van der Waals surface area contributed by atoms with Gasteiger partial charge in [0.05, 0.1) is 22.4 Å². The van der Waals surface area contributed by atoms with Crippen molar-refractivity contribution in [2.45, 2.75) is 38.3 Å². The summed E-state index contributed by atoms with van der Waals surface area (Å²) in [6.07, 6.45) is 1.56. The molecule has 1 N–H and O–H groups in total. The normalized spacial score (nSPS) is 30.1. The zero-order valence-electron chi connectivity index (χ0n) is 18.2. The summed E-state index contributed by atoms with van der Waals surface area (Å²) >= 11 is 0. The number of non-ortho nitro benzene ring substituents is 1. The summed E-state index contributed by atoms with van der Waals surface area (Å²) in [6, 6.07) is 9.64. The number of nitro benzene ring substituents is 1. The number of imide groups is 1. The van der Waals surface area contributed by atoms with Crippen LogP contribution in [0.4, 0.5) is 17.1 Å². The summed E-state index contributed by atoms with van der Waals surface area (Å²) in [5.74, 6) is -2.67. The van der Waals surface area contributed by atoms with Gasteiger partial charge in [-0.25, -0.2) is 4.90 Å². The topological polar surface area (TPSA) is 113 Å². The Hall–Kier alpha value is -3.59. The number of fused-ring (bicyclic) bond motifs is 7. The third-order valence-electron chi connectivity index (χ3n) is 7.79. The van der Waals surface area contributed by atoms with Gasteiger partial charge >= 0.3 is 0 Å². The monoisotopic (exact) mass is 446 g/mol. The lowest BCUT2D eigenvalue weighted by molar-refractivity contribution is -0.384. The fourth-order valence-corrected chi connectivity index (χ4v) is 6.51. The second kappa shape index (κ2) is 6.48. The first kappa shape index (κ1) is 20.0. The molecule has 2 aromatic carbocycles. The molecule has 3 fully saturated rings. The lowest BCUT2D eigenvalue weighted by atomic mass is 9.75. The molecule has 9 heteroatoms. The van der Waals surface area contributed by atoms with E-state index >= 15 is 0 Å². The van der Waals surface area contributed by atoms with Gasteiger partial charge in [0.15, 0.2) is 0 Å². The fourth-order valence-electron chi connectivity index (χ4n) is 6.51. The number of nitrogens with one attached hydrogen (secondary N) is 1. The molecule has 0 saturated carbocycles. The molecule has 0 unspecified atom stereocenters. The molecular formula is C24H22N4O5. The van der Waals surface area contributed by atoms with E-state index in [1.807, 2.05) is 25.1 Å². The quantitative estimate of drug-likeness (QED) is 0.431. The van der Waals surface area contributed by atoms with Crippen molar-refractivity contribution < 1.29 is 19.3 Å². The van der Waals surface area contributed by atoms with Gasteiger partial charge < -0.3 is 5.32 Å². The van der Waals surface area contributed by atoms with Gasteiger partial charge in [-0.1, -0.05) is 23.8 Å². The maximum absolute atomic E-state index is 14.0. The third kappa shape index (κ3) is 2.32. The molecule has 0 radical (unpaired) electrons. The standard InChI is InChI=1S/C24H22N4O5/c1-12-5-8-16-15(10-12)24(23(31)25-16)20-19(17-4-3-9-26(17)24)21(29)27(22(20)30)18-11-14(28(32)33)7-6-13(18)2/h5-8,10-11,17,19-20H,3-4,9H2,1-2H3,(H,25,31)/t17-,19-,20-,24+/m1/s1. The van der Waals surface area contributed by atoms with E-state index in [-0.39, 0.29) is 29.2 Å². The van der Waals surface area contributed by atoms with Gasteiger partial charge in [0.25, 0.3) is 5.69 Å². The molecule has 4 aliphatic rings. The number of benzene rings is 2. The van der Waals surface area contributed by atoms with Crippen LogP contribution in [-0.4, -0.2) is 40.1 Å². The predicted octanol–water partition coefficient (Wildman–Crippen LogP) is 2.64. The second-order valence-electron chi connectivity index (χ2n) is 9.42. The zero-order valence-corrected chi connectivity index (χ0v) is 18.2. The number of hydrogen-bond acceptors (Lipinski definition) is 6. The Kier molecular flexibility index (Phi) is 3.93. The Morgan fingerprint density at radius 2 is 1.88 bits per heavy atom. The van der Waals surface area contributed by atoms with E-state index in [0.717, 1.165) is 28.9 Å². The molecule has 2 aromatic rings. The van der Waals surface area contributed by atoms with Crippen LogP contribution in [0.1, 0.15) is 29.5 Å². The minimum atomic E-state index is -1.25. The average molecular weight is 446 g/mol. The summed E-state index contributed by atoms with van der Waals surface area (Å²) in [7, 11) is 0. The van der Waals surface area contributed by atoms with Gasteiger partial charge in [-0.2, -0.15) is 0 Å². The van der Waals surface area contributed by atoms with Crippen LogP contribution < -0.4 is 10.2 Å². The highest BCUT2D eigenvalue weighted by Crippen LogP contribution is 2.60. The molecule has 6 rings (SSSR count). The van der Waals surface area contributed by atoms with Gasteiger partial charge in [0.2, 0.25) is 17.7 Å². The van der Waals surface area contributed by atoms with E-state index in [0.29, 0.717) is 17.8 Å². The Labute approximate surface area is 189 Å². The molecule has 4 aliphatic heterocycles. The molecule has 33 heavy (non-hydrogen) atoms. The summed E-state index contributed by atoms with van der Waals surface area (Å²) in [6.45, 7) is 4.28. The first-order chi connectivity index (χ1) is 15.8. The molecule has 168 valence electrons. The smallest absolute Gasteiger partial charge is 0.271 e. The van der Waals surface area contributed by atoms with Crippen molar-refractivity contribution >= 4 is 34.8 Å². The lowest BCUT2D eigenvalue weighted by Gasteiger charge is -2.36.